The van der Waals surface area contributed by atoms with Crippen LogP contribution < -0.4 is 16.0 Å². The molecule has 9 heteroatoms. The smallest absolute Gasteiger partial charge is 0.367 e. The van der Waals surface area contributed by atoms with Gasteiger partial charge in [-0.05, 0) is 31.9 Å². The molecule has 0 radical (unpaired) electrons. The summed E-state index contributed by atoms with van der Waals surface area (Å²) in [5.74, 6) is 0.324. The summed E-state index contributed by atoms with van der Waals surface area (Å²) in [6.45, 7) is 4.87. The van der Waals surface area contributed by atoms with Crippen molar-refractivity contribution >= 4 is 11.9 Å². The summed E-state index contributed by atoms with van der Waals surface area (Å²) >= 11 is 0. The summed E-state index contributed by atoms with van der Waals surface area (Å²) in [6, 6.07) is 7.00. The van der Waals surface area contributed by atoms with E-state index in [4.69, 9.17) is 0 Å². The largest absolute Gasteiger partial charge is 0.411 e. The molecule has 1 aromatic rings. The lowest BCUT2D eigenvalue weighted by molar-refractivity contribution is -0.176. The van der Waals surface area contributed by atoms with Gasteiger partial charge < -0.3 is 20.7 Å². The third-order valence-corrected chi connectivity index (χ3v) is 3.17. The molecule has 27 heavy (non-hydrogen) atoms. The van der Waals surface area contributed by atoms with Gasteiger partial charge in [-0.3, -0.25) is 9.79 Å². The molecule has 1 rings (SSSR count). The highest BCUT2D eigenvalue weighted by atomic mass is 19.4. The number of amides is 1. The number of alkyl halides is 3. The monoisotopic (exact) mass is 388 g/mol. The Balaban J connectivity index is 2.39. The number of nitrogens with zero attached hydrogens (tertiary/aromatic N) is 1. The van der Waals surface area contributed by atoms with Gasteiger partial charge in [-0.1, -0.05) is 24.3 Å². The first-order valence-electron chi connectivity index (χ1n) is 8.46. The quantitative estimate of drug-likeness (QED) is 0.495. The third kappa shape index (κ3) is 11.1. The fraction of sp³-hybridized carbons (Fsp3) is 0.556. The molecule has 0 aliphatic carbocycles. The van der Waals surface area contributed by atoms with Gasteiger partial charge in [-0.25, -0.2) is 0 Å². The standard InChI is InChI=1S/C18H27F3N4O2/c1-17(2,3)25-15(26)10-24-16(22-4)23-9-13-5-7-14(8-6-13)11-27-12-18(19,20)21/h5-8H,9-12H2,1-4H3,(H,25,26)(H2,22,23,24). The summed E-state index contributed by atoms with van der Waals surface area (Å²) in [6.07, 6.45) is -4.32. The first-order valence-corrected chi connectivity index (χ1v) is 8.46. The first kappa shape index (κ1) is 22.8. The van der Waals surface area contributed by atoms with Gasteiger partial charge in [0.2, 0.25) is 5.91 Å². The van der Waals surface area contributed by atoms with Crippen LogP contribution >= 0.6 is 0 Å². The maximum atomic E-state index is 12.1. The minimum absolute atomic E-state index is 0.0897. The Morgan fingerprint density at radius 2 is 1.67 bits per heavy atom. The number of ether oxygens (including phenoxy) is 1. The molecular weight excluding hydrogens is 361 g/mol. The first-order chi connectivity index (χ1) is 12.5. The van der Waals surface area contributed by atoms with Crippen LogP contribution in [-0.4, -0.2) is 43.8 Å². The number of nitrogens with one attached hydrogen (secondary N) is 3. The van der Waals surface area contributed by atoms with Gasteiger partial charge in [-0.15, -0.1) is 0 Å². The van der Waals surface area contributed by atoms with E-state index >= 15 is 0 Å². The Morgan fingerprint density at radius 1 is 1.07 bits per heavy atom. The van der Waals surface area contributed by atoms with Crippen LogP contribution in [-0.2, 0) is 22.7 Å². The van der Waals surface area contributed by atoms with Crippen LogP contribution in [0.25, 0.3) is 0 Å². The second-order valence-corrected chi connectivity index (χ2v) is 7.00. The minimum Gasteiger partial charge on any atom is -0.367 e. The number of hydrogen-bond acceptors (Lipinski definition) is 3. The van der Waals surface area contributed by atoms with E-state index in [0.29, 0.717) is 18.1 Å². The number of aliphatic imine (C=N–C) groups is 1. The lowest BCUT2D eigenvalue weighted by Gasteiger charge is -2.21. The van der Waals surface area contributed by atoms with Crippen molar-refractivity contribution in [3.8, 4) is 0 Å². The predicted octanol–water partition coefficient (Wildman–Crippen LogP) is 2.35. The molecule has 0 aliphatic heterocycles. The third-order valence-electron chi connectivity index (χ3n) is 3.17. The molecule has 6 nitrogen and oxygen atoms in total. The van der Waals surface area contributed by atoms with Crippen LogP contribution in [0.3, 0.4) is 0 Å². The Morgan fingerprint density at radius 3 is 2.19 bits per heavy atom. The lowest BCUT2D eigenvalue weighted by Crippen LogP contribution is -2.48. The summed E-state index contributed by atoms with van der Waals surface area (Å²) in [5.41, 5.74) is 1.27. The summed E-state index contributed by atoms with van der Waals surface area (Å²) in [4.78, 5) is 15.8. The van der Waals surface area contributed by atoms with Gasteiger partial charge in [0.1, 0.15) is 6.61 Å². The Bertz CT molecular complexity index is 623. The molecule has 1 amide bonds. The molecule has 0 fully saturated rings. The Hall–Kier alpha value is -2.29. The maximum absolute atomic E-state index is 12.1. The van der Waals surface area contributed by atoms with Crippen molar-refractivity contribution in [1.82, 2.24) is 16.0 Å². The number of rotatable bonds is 7. The van der Waals surface area contributed by atoms with E-state index < -0.39 is 12.8 Å². The van der Waals surface area contributed by atoms with E-state index in [2.05, 4.69) is 25.7 Å². The van der Waals surface area contributed by atoms with Crippen LogP contribution in [0.4, 0.5) is 13.2 Å². The van der Waals surface area contributed by atoms with Crippen molar-refractivity contribution in [3.63, 3.8) is 0 Å². The van der Waals surface area contributed by atoms with Gasteiger partial charge in [-0.2, -0.15) is 13.2 Å². The summed E-state index contributed by atoms with van der Waals surface area (Å²) in [5, 5.41) is 8.82. The van der Waals surface area contributed by atoms with Crippen molar-refractivity contribution in [2.24, 2.45) is 4.99 Å². The number of hydrogen-bond donors (Lipinski definition) is 3. The van der Waals surface area contributed by atoms with Crippen LogP contribution in [0.15, 0.2) is 29.3 Å². The van der Waals surface area contributed by atoms with Crippen molar-refractivity contribution in [3.05, 3.63) is 35.4 Å². The molecule has 0 spiro atoms. The number of benzene rings is 1. The van der Waals surface area contributed by atoms with Crippen molar-refractivity contribution in [2.75, 3.05) is 20.2 Å². The average Bonchev–Trinajstić information content (AvgIpc) is 2.53. The van der Waals surface area contributed by atoms with Crippen molar-refractivity contribution < 1.29 is 22.7 Å². The van der Waals surface area contributed by atoms with Crippen LogP contribution in [0, 0.1) is 0 Å². The molecule has 0 saturated carbocycles. The maximum Gasteiger partial charge on any atom is 0.411 e. The molecule has 0 atom stereocenters. The van der Waals surface area contributed by atoms with Gasteiger partial charge in [0.05, 0.1) is 13.2 Å². The molecule has 0 bridgehead atoms. The van der Waals surface area contributed by atoms with Crippen LogP contribution in [0.1, 0.15) is 31.9 Å². The molecule has 0 aliphatic rings. The number of guanidine groups is 1. The van der Waals surface area contributed by atoms with Crippen LogP contribution in [0.2, 0.25) is 0 Å². The molecule has 0 heterocycles. The fourth-order valence-corrected chi connectivity index (χ4v) is 2.07. The van der Waals surface area contributed by atoms with E-state index in [1.165, 1.54) is 0 Å². The summed E-state index contributed by atoms with van der Waals surface area (Å²) < 4.78 is 40.8. The van der Waals surface area contributed by atoms with Gasteiger partial charge >= 0.3 is 6.18 Å². The highest BCUT2D eigenvalue weighted by Crippen LogP contribution is 2.15. The van der Waals surface area contributed by atoms with Gasteiger partial charge in [0.25, 0.3) is 0 Å². The van der Waals surface area contributed by atoms with Crippen LogP contribution in [0.5, 0.6) is 0 Å². The molecule has 0 saturated heterocycles. The Kier molecular flexibility index (Phi) is 8.55. The lowest BCUT2D eigenvalue weighted by atomic mass is 10.1. The SMILES string of the molecule is CN=C(NCC(=O)NC(C)(C)C)NCc1ccc(COCC(F)(F)F)cc1. The highest BCUT2D eigenvalue weighted by Gasteiger charge is 2.27. The van der Waals surface area contributed by atoms with E-state index in [1.54, 1.807) is 31.3 Å². The molecule has 0 aromatic heterocycles. The zero-order valence-electron chi connectivity index (χ0n) is 16.0. The van der Waals surface area contributed by atoms with E-state index in [0.717, 1.165) is 5.56 Å². The molecule has 3 N–H and O–H groups in total. The minimum atomic E-state index is -4.32. The average molecular weight is 388 g/mol. The topological polar surface area (TPSA) is 74.8 Å². The molecule has 0 unspecified atom stereocenters. The fourth-order valence-electron chi connectivity index (χ4n) is 2.07. The molecule has 152 valence electrons. The predicted molar refractivity (Wildman–Crippen MR) is 98.3 cm³/mol. The molecule has 1 aromatic carbocycles. The number of carbonyl (C=O) groups is 1. The number of halogens is 3. The second-order valence-electron chi connectivity index (χ2n) is 7.00. The van der Waals surface area contributed by atoms with Gasteiger partial charge in [0, 0.05) is 19.1 Å². The number of carbonyl (C=O) groups excluding carboxylic acids is 1. The second kappa shape index (κ2) is 10.1. The van der Waals surface area contributed by atoms with E-state index in [-0.39, 0.29) is 24.6 Å². The highest BCUT2D eigenvalue weighted by molar-refractivity contribution is 5.86. The summed E-state index contributed by atoms with van der Waals surface area (Å²) in [7, 11) is 1.60. The van der Waals surface area contributed by atoms with Crippen molar-refractivity contribution in [1.29, 1.82) is 0 Å². The zero-order chi connectivity index (χ0) is 20.5. The van der Waals surface area contributed by atoms with Crippen molar-refractivity contribution in [2.45, 2.75) is 45.6 Å². The van der Waals surface area contributed by atoms with E-state index in [9.17, 15) is 18.0 Å². The van der Waals surface area contributed by atoms with E-state index in [1.807, 2.05) is 20.8 Å². The normalized spacial score (nSPS) is 12.6. The molecular formula is C18H27F3N4O2. The zero-order valence-corrected chi connectivity index (χ0v) is 16.0. The Labute approximate surface area is 157 Å². The van der Waals surface area contributed by atoms with Gasteiger partial charge in [0.15, 0.2) is 5.96 Å².